The Labute approximate surface area is 169 Å². The van der Waals surface area contributed by atoms with Crippen molar-refractivity contribution in [2.24, 2.45) is 0 Å². The summed E-state index contributed by atoms with van der Waals surface area (Å²) >= 11 is 0. The van der Waals surface area contributed by atoms with Gasteiger partial charge in [0.2, 0.25) is 11.8 Å². The normalized spacial score (nSPS) is 15.4. The zero-order valence-corrected chi connectivity index (χ0v) is 18.0. The number of nitrogens with one attached hydrogen (secondary N) is 1. The number of carbonyl (C=O) groups is 2. The van der Waals surface area contributed by atoms with Crippen LogP contribution in [0.15, 0.2) is 18.2 Å². The predicted octanol–water partition coefficient (Wildman–Crippen LogP) is 2.51. The minimum absolute atomic E-state index is 0.0234. The van der Waals surface area contributed by atoms with Crippen LogP contribution in [0.5, 0.6) is 0 Å². The van der Waals surface area contributed by atoms with E-state index in [4.69, 9.17) is 0 Å². The van der Waals surface area contributed by atoms with E-state index < -0.39 is 0 Å². The van der Waals surface area contributed by atoms with Crippen molar-refractivity contribution in [1.29, 1.82) is 0 Å². The Balaban J connectivity index is 1.76. The van der Waals surface area contributed by atoms with Gasteiger partial charge in [-0.25, -0.2) is 0 Å². The lowest BCUT2D eigenvalue weighted by Gasteiger charge is -2.35. The van der Waals surface area contributed by atoms with Gasteiger partial charge >= 0.3 is 0 Å². The van der Waals surface area contributed by atoms with Gasteiger partial charge in [-0.15, -0.1) is 0 Å². The van der Waals surface area contributed by atoms with Gasteiger partial charge in [-0.2, -0.15) is 0 Å². The van der Waals surface area contributed by atoms with E-state index in [0.717, 1.165) is 63.4 Å². The minimum atomic E-state index is 0.0234. The summed E-state index contributed by atoms with van der Waals surface area (Å²) in [5, 5.41) is 3.03. The van der Waals surface area contributed by atoms with Crippen molar-refractivity contribution in [3.63, 3.8) is 0 Å². The van der Waals surface area contributed by atoms with E-state index in [2.05, 4.69) is 29.0 Å². The van der Waals surface area contributed by atoms with E-state index >= 15 is 0 Å². The summed E-state index contributed by atoms with van der Waals surface area (Å²) in [4.78, 5) is 31.3. The zero-order chi connectivity index (χ0) is 20.5. The van der Waals surface area contributed by atoms with Gasteiger partial charge in [0.05, 0.1) is 13.1 Å². The molecule has 1 heterocycles. The van der Waals surface area contributed by atoms with Crippen LogP contribution in [0.3, 0.4) is 0 Å². The largest absolute Gasteiger partial charge is 0.342 e. The van der Waals surface area contributed by atoms with Crippen LogP contribution in [0.25, 0.3) is 0 Å². The first-order valence-electron chi connectivity index (χ1n) is 10.5. The van der Waals surface area contributed by atoms with Crippen molar-refractivity contribution < 1.29 is 9.59 Å². The van der Waals surface area contributed by atoms with Crippen LogP contribution in [0.2, 0.25) is 0 Å². The van der Waals surface area contributed by atoms with Gasteiger partial charge in [-0.3, -0.25) is 19.4 Å². The fourth-order valence-electron chi connectivity index (χ4n) is 3.58. The molecule has 1 aromatic rings. The van der Waals surface area contributed by atoms with E-state index in [1.54, 1.807) is 0 Å². The summed E-state index contributed by atoms with van der Waals surface area (Å²) in [5.74, 6) is 0.250. The first-order chi connectivity index (χ1) is 13.4. The molecular weight excluding hydrogens is 352 g/mol. The molecule has 0 unspecified atom stereocenters. The summed E-state index contributed by atoms with van der Waals surface area (Å²) in [5.41, 5.74) is 3.18. The van der Waals surface area contributed by atoms with E-state index in [0.29, 0.717) is 13.1 Å². The second-order valence-electron chi connectivity index (χ2n) is 7.73. The van der Waals surface area contributed by atoms with Gasteiger partial charge in [-0.05, 0) is 43.9 Å². The Morgan fingerprint density at radius 3 is 2.11 bits per heavy atom. The molecule has 1 fully saturated rings. The molecule has 1 saturated heterocycles. The van der Waals surface area contributed by atoms with Crippen molar-refractivity contribution in [2.75, 3.05) is 57.7 Å². The summed E-state index contributed by atoms with van der Waals surface area (Å²) in [6, 6.07) is 5.96. The van der Waals surface area contributed by atoms with Gasteiger partial charge in [0.1, 0.15) is 0 Å². The first kappa shape index (κ1) is 22.4. The highest BCUT2D eigenvalue weighted by Crippen LogP contribution is 2.18. The molecule has 1 aromatic carbocycles. The van der Waals surface area contributed by atoms with E-state index in [9.17, 15) is 9.59 Å². The zero-order valence-electron chi connectivity index (χ0n) is 18.0. The maximum absolute atomic E-state index is 12.5. The second-order valence-corrected chi connectivity index (χ2v) is 7.73. The van der Waals surface area contributed by atoms with Gasteiger partial charge in [0.15, 0.2) is 0 Å². The van der Waals surface area contributed by atoms with Crippen LogP contribution in [0.1, 0.15) is 37.8 Å². The molecule has 1 aliphatic heterocycles. The van der Waals surface area contributed by atoms with Crippen LogP contribution in [-0.2, 0) is 9.59 Å². The fraction of sp³-hybridized carbons (Fsp3) is 0.636. The number of hydrogen-bond donors (Lipinski definition) is 1. The Kier molecular flexibility index (Phi) is 8.93. The molecule has 0 aromatic heterocycles. The molecule has 1 aliphatic rings. The molecule has 0 aliphatic carbocycles. The number of anilines is 1. The molecule has 0 spiro atoms. The number of aryl methyl sites for hydroxylation is 1. The van der Waals surface area contributed by atoms with Crippen molar-refractivity contribution >= 4 is 17.5 Å². The molecule has 2 amide bonds. The first-order valence-corrected chi connectivity index (χ1v) is 10.5. The van der Waals surface area contributed by atoms with Gasteiger partial charge in [0.25, 0.3) is 0 Å². The fourth-order valence-corrected chi connectivity index (χ4v) is 3.58. The molecule has 0 saturated carbocycles. The Morgan fingerprint density at radius 1 is 0.964 bits per heavy atom. The highest BCUT2D eigenvalue weighted by molar-refractivity contribution is 5.93. The third-order valence-corrected chi connectivity index (χ3v) is 5.41. The predicted molar refractivity (Wildman–Crippen MR) is 115 cm³/mol. The minimum Gasteiger partial charge on any atom is -0.342 e. The molecule has 6 heteroatoms. The Morgan fingerprint density at radius 2 is 1.54 bits per heavy atom. The SMILES string of the molecule is CCCN(CCC)C(=O)CN1CCN(CC(=O)Nc2cccc(C)c2C)CC1. The number of hydrogen-bond acceptors (Lipinski definition) is 4. The quantitative estimate of drug-likeness (QED) is 0.706. The van der Waals surface area contributed by atoms with Gasteiger partial charge in [-0.1, -0.05) is 26.0 Å². The van der Waals surface area contributed by atoms with Crippen LogP contribution >= 0.6 is 0 Å². The smallest absolute Gasteiger partial charge is 0.238 e. The maximum atomic E-state index is 12.5. The summed E-state index contributed by atoms with van der Waals surface area (Å²) in [7, 11) is 0. The topological polar surface area (TPSA) is 55.9 Å². The molecule has 6 nitrogen and oxygen atoms in total. The molecule has 0 atom stereocenters. The molecule has 0 bridgehead atoms. The molecule has 0 radical (unpaired) electrons. The molecule has 156 valence electrons. The monoisotopic (exact) mass is 388 g/mol. The van der Waals surface area contributed by atoms with E-state index in [1.165, 1.54) is 5.56 Å². The van der Waals surface area contributed by atoms with Gasteiger partial charge in [0, 0.05) is 45.0 Å². The molecule has 1 N–H and O–H groups in total. The standard InChI is InChI=1S/C22H36N4O2/c1-5-10-26(11-6-2)22(28)17-25-14-12-24(13-15-25)16-21(27)23-20-9-7-8-18(3)19(20)4/h7-9H,5-6,10-17H2,1-4H3,(H,23,27). The maximum Gasteiger partial charge on any atom is 0.238 e. The molecule has 2 rings (SSSR count). The molecular formula is C22H36N4O2. The van der Waals surface area contributed by atoms with Crippen molar-refractivity contribution in [2.45, 2.75) is 40.5 Å². The van der Waals surface area contributed by atoms with Crippen molar-refractivity contribution in [1.82, 2.24) is 14.7 Å². The number of rotatable bonds is 9. The van der Waals surface area contributed by atoms with Gasteiger partial charge < -0.3 is 10.2 Å². The molecule has 28 heavy (non-hydrogen) atoms. The van der Waals surface area contributed by atoms with Crippen molar-refractivity contribution in [3.05, 3.63) is 29.3 Å². The number of carbonyl (C=O) groups excluding carboxylic acids is 2. The van der Waals surface area contributed by atoms with Crippen LogP contribution in [0, 0.1) is 13.8 Å². The number of benzene rings is 1. The van der Waals surface area contributed by atoms with Crippen molar-refractivity contribution in [3.8, 4) is 0 Å². The number of nitrogens with zero attached hydrogens (tertiary/aromatic N) is 3. The highest BCUT2D eigenvalue weighted by Gasteiger charge is 2.22. The lowest BCUT2D eigenvalue weighted by Crippen LogP contribution is -2.51. The third kappa shape index (κ3) is 6.60. The van der Waals surface area contributed by atoms with Crippen LogP contribution < -0.4 is 5.32 Å². The average Bonchev–Trinajstić information content (AvgIpc) is 2.67. The third-order valence-electron chi connectivity index (χ3n) is 5.41. The lowest BCUT2D eigenvalue weighted by atomic mass is 10.1. The lowest BCUT2D eigenvalue weighted by molar-refractivity contribution is -0.133. The number of amides is 2. The van der Waals surface area contributed by atoms with E-state index in [-0.39, 0.29) is 11.8 Å². The Bertz CT molecular complexity index is 648. The Hall–Kier alpha value is -1.92. The second kappa shape index (κ2) is 11.2. The summed E-state index contributed by atoms with van der Waals surface area (Å²) in [6.07, 6.45) is 1.99. The summed E-state index contributed by atoms with van der Waals surface area (Å²) < 4.78 is 0. The highest BCUT2D eigenvalue weighted by atomic mass is 16.2. The van der Waals surface area contributed by atoms with Crippen LogP contribution in [0.4, 0.5) is 5.69 Å². The summed E-state index contributed by atoms with van der Waals surface area (Å²) in [6.45, 7) is 14.1. The van der Waals surface area contributed by atoms with E-state index in [1.807, 2.05) is 36.9 Å². The number of piperazine rings is 1. The van der Waals surface area contributed by atoms with Crippen LogP contribution in [-0.4, -0.2) is 78.9 Å². The average molecular weight is 389 g/mol.